The fraction of sp³-hybridized carbons (Fsp3) is 0.471. The van der Waals surface area contributed by atoms with E-state index in [1.54, 1.807) is 18.2 Å². The van der Waals surface area contributed by atoms with Gasteiger partial charge in [0.05, 0.1) is 11.6 Å². The van der Waals surface area contributed by atoms with Crippen LogP contribution in [0.2, 0.25) is 0 Å². The lowest BCUT2D eigenvalue weighted by Crippen LogP contribution is -2.52. The Kier molecular flexibility index (Phi) is 5.99. The summed E-state index contributed by atoms with van der Waals surface area (Å²) in [6.45, 7) is 1.52. The van der Waals surface area contributed by atoms with Crippen molar-refractivity contribution in [1.29, 1.82) is 5.26 Å². The van der Waals surface area contributed by atoms with Gasteiger partial charge in [0.25, 0.3) is 5.91 Å². The molecule has 1 atom stereocenters. The number of esters is 1. The van der Waals surface area contributed by atoms with E-state index in [0.717, 1.165) is 22.8 Å². The van der Waals surface area contributed by atoms with Crippen LogP contribution < -0.4 is 5.32 Å². The molecular formula is C17H19IN2O3. The van der Waals surface area contributed by atoms with Crippen LogP contribution in [-0.4, -0.2) is 23.5 Å². The van der Waals surface area contributed by atoms with E-state index in [2.05, 4.69) is 34.0 Å². The minimum atomic E-state index is -0.937. The van der Waals surface area contributed by atoms with Crippen LogP contribution in [-0.2, 0) is 9.53 Å². The zero-order valence-corrected chi connectivity index (χ0v) is 15.1. The number of halogens is 1. The van der Waals surface area contributed by atoms with E-state index in [4.69, 9.17) is 4.74 Å². The minimum Gasteiger partial charge on any atom is -0.449 e. The molecule has 0 bridgehead atoms. The SMILES string of the molecule is C[C@H](OC(=O)c1cccc(I)c1)C(=O)NC1(C#N)CCCCC1. The standard InChI is InChI=1S/C17H19IN2O3/c1-12(23-16(22)13-6-5-7-14(18)10-13)15(21)20-17(11-19)8-3-2-4-9-17/h5-7,10,12H,2-4,8-9H2,1H3,(H,20,21)/t12-/m0/s1. The molecule has 1 aromatic carbocycles. The van der Waals surface area contributed by atoms with Gasteiger partial charge in [-0.25, -0.2) is 4.79 Å². The second-order valence-electron chi connectivity index (χ2n) is 5.80. The van der Waals surface area contributed by atoms with Gasteiger partial charge < -0.3 is 10.1 Å². The molecule has 1 fully saturated rings. The van der Waals surface area contributed by atoms with Crippen LogP contribution in [0.15, 0.2) is 24.3 Å². The second-order valence-corrected chi connectivity index (χ2v) is 7.05. The van der Waals surface area contributed by atoms with Crippen molar-refractivity contribution in [1.82, 2.24) is 5.32 Å². The summed E-state index contributed by atoms with van der Waals surface area (Å²) in [5, 5.41) is 12.2. The lowest BCUT2D eigenvalue weighted by Gasteiger charge is -2.32. The lowest BCUT2D eigenvalue weighted by atomic mass is 9.83. The summed E-state index contributed by atoms with van der Waals surface area (Å²) in [6.07, 6.45) is 3.28. The van der Waals surface area contributed by atoms with Gasteiger partial charge in [-0.05, 0) is 60.6 Å². The van der Waals surface area contributed by atoms with Gasteiger partial charge in [0.15, 0.2) is 6.10 Å². The molecule has 1 amide bonds. The van der Waals surface area contributed by atoms with E-state index in [1.807, 2.05) is 6.07 Å². The zero-order valence-electron chi connectivity index (χ0n) is 13.0. The lowest BCUT2D eigenvalue weighted by molar-refractivity contribution is -0.130. The predicted molar refractivity (Wildman–Crippen MR) is 93.6 cm³/mol. The monoisotopic (exact) mass is 426 g/mol. The third-order valence-electron chi connectivity index (χ3n) is 4.00. The molecule has 0 aromatic heterocycles. The zero-order chi connectivity index (χ0) is 16.9. The number of carbonyl (C=O) groups excluding carboxylic acids is 2. The largest absolute Gasteiger partial charge is 0.449 e. The summed E-state index contributed by atoms with van der Waals surface area (Å²) in [6, 6.07) is 9.20. The molecule has 5 nitrogen and oxygen atoms in total. The molecule has 1 saturated carbocycles. The van der Waals surface area contributed by atoms with Gasteiger partial charge in [0.1, 0.15) is 5.54 Å². The van der Waals surface area contributed by atoms with Crippen molar-refractivity contribution in [3.8, 4) is 6.07 Å². The first-order valence-electron chi connectivity index (χ1n) is 7.66. The third kappa shape index (κ3) is 4.67. The Balaban J connectivity index is 1.97. The summed E-state index contributed by atoms with van der Waals surface area (Å²) >= 11 is 2.11. The average molecular weight is 426 g/mol. The number of nitriles is 1. The van der Waals surface area contributed by atoms with Crippen molar-refractivity contribution in [2.75, 3.05) is 0 Å². The highest BCUT2D eigenvalue weighted by Crippen LogP contribution is 2.27. The Bertz CT molecular complexity index is 633. The second kappa shape index (κ2) is 7.77. The van der Waals surface area contributed by atoms with E-state index in [0.29, 0.717) is 18.4 Å². The van der Waals surface area contributed by atoms with Crippen molar-refractivity contribution in [3.05, 3.63) is 33.4 Å². The van der Waals surface area contributed by atoms with Crippen LogP contribution in [0.25, 0.3) is 0 Å². The van der Waals surface area contributed by atoms with Gasteiger partial charge in [-0.2, -0.15) is 5.26 Å². The molecule has 1 aliphatic rings. The van der Waals surface area contributed by atoms with Crippen LogP contribution in [0.3, 0.4) is 0 Å². The Morgan fingerprint density at radius 1 is 1.35 bits per heavy atom. The molecule has 122 valence electrons. The number of nitrogens with one attached hydrogen (secondary N) is 1. The van der Waals surface area contributed by atoms with E-state index in [1.165, 1.54) is 6.92 Å². The summed E-state index contributed by atoms with van der Waals surface area (Å²) in [5.41, 5.74) is -0.415. The van der Waals surface area contributed by atoms with E-state index in [9.17, 15) is 14.9 Å². The highest BCUT2D eigenvalue weighted by atomic mass is 127. The Labute approximate surface area is 149 Å². The van der Waals surface area contributed by atoms with Gasteiger partial charge in [-0.1, -0.05) is 25.3 Å². The maximum atomic E-state index is 12.3. The van der Waals surface area contributed by atoms with Crippen molar-refractivity contribution < 1.29 is 14.3 Å². The smallest absolute Gasteiger partial charge is 0.338 e. The molecule has 1 N–H and O–H groups in total. The van der Waals surface area contributed by atoms with Crippen LogP contribution in [0.4, 0.5) is 0 Å². The quantitative estimate of drug-likeness (QED) is 0.593. The average Bonchev–Trinajstić information content (AvgIpc) is 2.55. The van der Waals surface area contributed by atoms with Crippen LogP contribution in [0, 0.1) is 14.9 Å². The third-order valence-corrected chi connectivity index (χ3v) is 4.67. The van der Waals surface area contributed by atoms with Crippen molar-refractivity contribution in [2.24, 2.45) is 0 Å². The number of carbonyl (C=O) groups is 2. The van der Waals surface area contributed by atoms with Gasteiger partial charge in [0, 0.05) is 3.57 Å². The molecule has 0 heterocycles. The predicted octanol–water partition coefficient (Wildman–Crippen LogP) is 3.18. The summed E-state index contributed by atoms with van der Waals surface area (Å²) < 4.78 is 6.14. The molecule has 0 aliphatic heterocycles. The van der Waals surface area contributed by atoms with Gasteiger partial charge in [-0.3, -0.25) is 4.79 Å². The number of nitrogens with zero attached hydrogens (tertiary/aromatic N) is 1. The molecule has 0 unspecified atom stereocenters. The molecule has 1 aromatic rings. The Morgan fingerprint density at radius 2 is 2.04 bits per heavy atom. The molecule has 1 aliphatic carbocycles. The molecule has 2 rings (SSSR count). The topological polar surface area (TPSA) is 79.2 Å². The number of ether oxygens (including phenoxy) is 1. The number of benzene rings is 1. The number of amides is 1. The first-order valence-corrected chi connectivity index (χ1v) is 8.73. The molecule has 6 heteroatoms. The molecule has 0 spiro atoms. The van der Waals surface area contributed by atoms with Crippen molar-refractivity contribution in [2.45, 2.75) is 50.7 Å². The summed E-state index contributed by atoms with van der Waals surface area (Å²) in [4.78, 5) is 24.4. The summed E-state index contributed by atoms with van der Waals surface area (Å²) in [7, 11) is 0. The first-order chi connectivity index (χ1) is 11.0. The number of rotatable bonds is 4. The fourth-order valence-corrected chi connectivity index (χ4v) is 3.20. The van der Waals surface area contributed by atoms with Crippen LogP contribution >= 0.6 is 22.6 Å². The number of hydrogen-bond acceptors (Lipinski definition) is 4. The highest BCUT2D eigenvalue weighted by Gasteiger charge is 2.35. The van der Waals surface area contributed by atoms with E-state index >= 15 is 0 Å². The van der Waals surface area contributed by atoms with E-state index < -0.39 is 23.5 Å². The highest BCUT2D eigenvalue weighted by molar-refractivity contribution is 14.1. The van der Waals surface area contributed by atoms with Crippen LogP contribution in [0.1, 0.15) is 49.4 Å². The minimum absolute atomic E-state index is 0.407. The van der Waals surface area contributed by atoms with Gasteiger partial charge in [-0.15, -0.1) is 0 Å². The van der Waals surface area contributed by atoms with E-state index in [-0.39, 0.29) is 0 Å². The Morgan fingerprint density at radius 3 is 2.65 bits per heavy atom. The Hall–Kier alpha value is -1.62. The van der Waals surface area contributed by atoms with Crippen molar-refractivity contribution in [3.63, 3.8) is 0 Å². The normalized spacial score (nSPS) is 17.6. The van der Waals surface area contributed by atoms with Gasteiger partial charge >= 0.3 is 5.97 Å². The fourth-order valence-electron chi connectivity index (χ4n) is 2.66. The number of hydrogen-bond donors (Lipinski definition) is 1. The summed E-state index contributed by atoms with van der Waals surface area (Å²) in [5.74, 6) is -0.965. The van der Waals surface area contributed by atoms with Crippen LogP contribution in [0.5, 0.6) is 0 Å². The molecule has 0 radical (unpaired) electrons. The first kappa shape index (κ1) is 17.7. The van der Waals surface area contributed by atoms with Gasteiger partial charge in [0.2, 0.25) is 0 Å². The molecule has 23 heavy (non-hydrogen) atoms. The molecular weight excluding hydrogens is 407 g/mol. The maximum absolute atomic E-state index is 12.3. The molecule has 0 saturated heterocycles. The maximum Gasteiger partial charge on any atom is 0.338 e. The van der Waals surface area contributed by atoms with Crippen molar-refractivity contribution >= 4 is 34.5 Å².